The van der Waals surface area contributed by atoms with E-state index in [0.717, 1.165) is 25.7 Å². The molecule has 4 nitrogen and oxygen atoms in total. The number of halogens is 2. The second kappa shape index (κ2) is 7.77. The van der Waals surface area contributed by atoms with Crippen LogP contribution in [0.3, 0.4) is 0 Å². The van der Waals surface area contributed by atoms with E-state index < -0.39 is 17.6 Å². The largest absolute Gasteiger partial charge is 0.469 e. The van der Waals surface area contributed by atoms with Gasteiger partial charge in [0, 0.05) is 12.6 Å². The number of ether oxygens (including phenoxy) is 1. The molecule has 126 valence electrons. The van der Waals surface area contributed by atoms with Gasteiger partial charge in [-0.2, -0.15) is 0 Å². The molecule has 0 bridgehead atoms. The highest BCUT2D eigenvalue weighted by atomic mass is 35.5. The molecule has 1 unspecified atom stereocenters. The number of methoxy groups -OCH3 is 1. The van der Waals surface area contributed by atoms with Crippen LogP contribution in [0.5, 0.6) is 0 Å². The molecule has 0 spiro atoms. The molecule has 0 heterocycles. The summed E-state index contributed by atoms with van der Waals surface area (Å²) < 4.78 is 18.8. The van der Waals surface area contributed by atoms with Crippen LogP contribution in [0.15, 0.2) is 18.2 Å². The molecule has 0 radical (unpaired) electrons. The van der Waals surface area contributed by atoms with Gasteiger partial charge in [0.05, 0.1) is 23.6 Å². The van der Waals surface area contributed by atoms with Gasteiger partial charge in [-0.15, -0.1) is 0 Å². The molecule has 1 aromatic carbocycles. The summed E-state index contributed by atoms with van der Waals surface area (Å²) in [5, 5.41) is 0.0868. The number of nitrogens with zero attached hydrogens (tertiary/aromatic N) is 1. The van der Waals surface area contributed by atoms with Gasteiger partial charge >= 0.3 is 5.97 Å². The summed E-state index contributed by atoms with van der Waals surface area (Å²) in [6, 6.07) is 4.18. The van der Waals surface area contributed by atoms with Gasteiger partial charge in [-0.05, 0) is 25.0 Å². The molecular weight excluding hydrogens is 321 g/mol. The highest BCUT2D eigenvalue weighted by molar-refractivity contribution is 6.33. The smallest absolute Gasteiger partial charge is 0.310 e. The third-order valence-corrected chi connectivity index (χ3v) is 4.59. The monoisotopic (exact) mass is 341 g/mol. The molecule has 0 aliphatic heterocycles. The fraction of sp³-hybridized carbons (Fsp3) is 0.529. The standard InChI is InChI=1S/C17H21ClFNO3/c1-11(17(22)23-2)10-20(12-6-3-4-7-12)16(21)15-13(18)8-5-9-14(15)19/h5,8-9,11-12H,3-4,6-7,10H2,1-2H3. The number of hydrogen-bond acceptors (Lipinski definition) is 3. The first-order chi connectivity index (χ1) is 11.0. The number of rotatable bonds is 5. The van der Waals surface area contributed by atoms with Crippen LogP contribution in [-0.4, -0.2) is 36.5 Å². The van der Waals surface area contributed by atoms with E-state index in [1.165, 1.54) is 25.3 Å². The molecule has 1 aliphatic carbocycles. The van der Waals surface area contributed by atoms with Gasteiger partial charge in [-0.3, -0.25) is 9.59 Å². The summed E-state index contributed by atoms with van der Waals surface area (Å²) in [6.45, 7) is 1.89. The molecule has 0 saturated heterocycles. The predicted octanol–water partition coefficient (Wildman–Crippen LogP) is 3.67. The van der Waals surface area contributed by atoms with Crippen molar-refractivity contribution in [1.82, 2.24) is 4.90 Å². The SMILES string of the molecule is COC(=O)C(C)CN(C(=O)c1c(F)cccc1Cl)C1CCCC1. The van der Waals surface area contributed by atoms with Crippen molar-refractivity contribution in [3.63, 3.8) is 0 Å². The molecule has 6 heteroatoms. The summed E-state index contributed by atoms with van der Waals surface area (Å²) in [5.41, 5.74) is -0.127. The van der Waals surface area contributed by atoms with Crippen molar-refractivity contribution in [2.75, 3.05) is 13.7 Å². The molecule has 1 amide bonds. The van der Waals surface area contributed by atoms with Crippen LogP contribution in [0.25, 0.3) is 0 Å². The molecule has 1 atom stereocenters. The Hall–Kier alpha value is -1.62. The minimum atomic E-state index is -0.642. The number of esters is 1. The third kappa shape index (κ3) is 4.02. The van der Waals surface area contributed by atoms with Crippen molar-refractivity contribution in [1.29, 1.82) is 0 Å². The lowest BCUT2D eigenvalue weighted by atomic mass is 10.1. The topological polar surface area (TPSA) is 46.6 Å². The highest BCUT2D eigenvalue weighted by Crippen LogP contribution is 2.28. The Bertz CT molecular complexity index is 567. The summed E-state index contributed by atoms with van der Waals surface area (Å²) in [5.74, 6) is -1.97. The van der Waals surface area contributed by atoms with Gasteiger partial charge < -0.3 is 9.64 Å². The van der Waals surface area contributed by atoms with E-state index in [-0.39, 0.29) is 29.1 Å². The molecule has 1 fully saturated rings. The maximum absolute atomic E-state index is 14.1. The zero-order valence-corrected chi connectivity index (χ0v) is 14.1. The minimum absolute atomic E-state index is 0.00489. The highest BCUT2D eigenvalue weighted by Gasteiger charge is 2.32. The van der Waals surface area contributed by atoms with Crippen LogP contribution >= 0.6 is 11.6 Å². The first-order valence-corrected chi connectivity index (χ1v) is 8.16. The van der Waals surface area contributed by atoms with Gasteiger partial charge in [-0.25, -0.2) is 4.39 Å². The zero-order chi connectivity index (χ0) is 17.0. The van der Waals surface area contributed by atoms with Crippen LogP contribution in [0.1, 0.15) is 43.0 Å². The molecular formula is C17H21ClFNO3. The summed E-state index contributed by atoms with van der Waals surface area (Å²) in [6.07, 6.45) is 3.75. The van der Waals surface area contributed by atoms with Gasteiger partial charge in [0.2, 0.25) is 0 Å². The number of carbonyl (C=O) groups excluding carboxylic acids is 2. The quantitative estimate of drug-likeness (QED) is 0.768. The number of benzene rings is 1. The third-order valence-electron chi connectivity index (χ3n) is 4.28. The Morgan fingerprint density at radius 3 is 2.61 bits per heavy atom. The molecule has 1 aromatic rings. The fourth-order valence-electron chi connectivity index (χ4n) is 3.03. The lowest BCUT2D eigenvalue weighted by Gasteiger charge is -2.31. The van der Waals surface area contributed by atoms with Crippen molar-refractivity contribution in [3.05, 3.63) is 34.6 Å². The molecule has 2 rings (SSSR count). The summed E-state index contributed by atoms with van der Waals surface area (Å²) in [7, 11) is 1.31. The van der Waals surface area contributed by atoms with E-state index in [0.29, 0.717) is 0 Å². The fourth-order valence-corrected chi connectivity index (χ4v) is 3.27. The van der Waals surface area contributed by atoms with Crippen LogP contribution in [-0.2, 0) is 9.53 Å². The summed E-state index contributed by atoms with van der Waals surface area (Å²) >= 11 is 6.02. The number of amides is 1. The normalized spacial score (nSPS) is 16.2. The molecule has 23 heavy (non-hydrogen) atoms. The zero-order valence-electron chi connectivity index (χ0n) is 13.4. The van der Waals surface area contributed by atoms with Gasteiger partial charge in [-0.1, -0.05) is 37.4 Å². The van der Waals surface area contributed by atoms with Crippen LogP contribution < -0.4 is 0 Å². The molecule has 1 saturated carbocycles. The van der Waals surface area contributed by atoms with Crippen molar-refractivity contribution in [2.24, 2.45) is 5.92 Å². The van der Waals surface area contributed by atoms with E-state index in [1.54, 1.807) is 11.8 Å². The van der Waals surface area contributed by atoms with Crippen molar-refractivity contribution in [2.45, 2.75) is 38.6 Å². The maximum atomic E-state index is 14.1. The van der Waals surface area contributed by atoms with E-state index in [1.807, 2.05) is 0 Å². The Morgan fingerprint density at radius 2 is 2.04 bits per heavy atom. The average Bonchev–Trinajstić information content (AvgIpc) is 3.05. The maximum Gasteiger partial charge on any atom is 0.310 e. The van der Waals surface area contributed by atoms with Crippen LogP contribution in [0.4, 0.5) is 4.39 Å². The van der Waals surface area contributed by atoms with Gasteiger partial charge in [0.15, 0.2) is 0 Å². The Balaban J connectivity index is 2.29. The predicted molar refractivity (Wildman–Crippen MR) is 85.9 cm³/mol. The van der Waals surface area contributed by atoms with Crippen LogP contribution in [0, 0.1) is 11.7 Å². The van der Waals surface area contributed by atoms with Crippen molar-refractivity contribution < 1.29 is 18.7 Å². The Labute approximate surface area is 140 Å². The second-order valence-corrected chi connectivity index (χ2v) is 6.32. The lowest BCUT2D eigenvalue weighted by Crippen LogP contribution is -2.43. The van der Waals surface area contributed by atoms with Crippen molar-refractivity contribution in [3.8, 4) is 0 Å². The average molecular weight is 342 g/mol. The Kier molecular flexibility index (Phi) is 5.99. The second-order valence-electron chi connectivity index (χ2n) is 5.92. The number of carbonyl (C=O) groups is 2. The van der Waals surface area contributed by atoms with Crippen LogP contribution in [0.2, 0.25) is 5.02 Å². The van der Waals surface area contributed by atoms with E-state index in [2.05, 4.69) is 0 Å². The summed E-state index contributed by atoms with van der Waals surface area (Å²) in [4.78, 5) is 26.1. The van der Waals surface area contributed by atoms with Gasteiger partial charge in [0.25, 0.3) is 5.91 Å². The molecule has 1 aliphatic rings. The Morgan fingerprint density at radius 1 is 1.39 bits per heavy atom. The van der Waals surface area contributed by atoms with E-state index in [4.69, 9.17) is 16.3 Å². The first-order valence-electron chi connectivity index (χ1n) is 7.78. The molecule has 0 aromatic heterocycles. The molecule has 0 N–H and O–H groups in total. The lowest BCUT2D eigenvalue weighted by molar-refractivity contribution is -0.145. The van der Waals surface area contributed by atoms with Gasteiger partial charge in [0.1, 0.15) is 5.82 Å². The first kappa shape index (κ1) is 17.7. The van der Waals surface area contributed by atoms with E-state index in [9.17, 15) is 14.0 Å². The van der Waals surface area contributed by atoms with E-state index >= 15 is 0 Å². The number of hydrogen-bond donors (Lipinski definition) is 0. The minimum Gasteiger partial charge on any atom is -0.469 e. The van der Waals surface area contributed by atoms with Crippen molar-refractivity contribution >= 4 is 23.5 Å².